The zero-order valence-corrected chi connectivity index (χ0v) is 25.2. The summed E-state index contributed by atoms with van der Waals surface area (Å²) >= 11 is 0. The number of phenols is 1. The van der Waals surface area contributed by atoms with Crippen molar-refractivity contribution in [1.82, 2.24) is 9.80 Å². The summed E-state index contributed by atoms with van der Waals surface area (Å²) in [5.41, 5.74) is 3.61. The number of aliphatic hydroxyl groups excluding tert-OH is 2. The van der Waals surface area contributed by atoms with Crippen LogP contribution in [-0.2, 0) is 20.8 Å². The smallest absolute Gasteiger partial charge is 0.255 e. The number of aliphatic hydroxyl groups is 3. The first-order chi connectivity index (χ1) is 21.2. The van der Waals surface area contributed by atoms with Gasteiger partial charge in [-0.15, -0.1) is 0 Å². The molecule has 2 aromatic carbocycles. The largest absolute Gasteiger partial charge is 0.510 e. The van der Waals surface area contributed by atoms with Crippen molar-refractivity contribution in [2.24, 2.45) is 17.6 Å². The Hall–Kier alpha value is -4.96. The molecule has 12 nitrogen and oxygen atoms in total. The van der Waals surface area contributed by atoms with Gasteiger partial charge in [-0.25, -0.2) is 0 Å². The molecule has 3 aliphatic rings. The van der Waals surface area contributed by atoms with Gasteiger partial charge >= 0.3 is 0 Å². The molecule has 0 spiro atoms. The van der Waals surface area contributed by atoms with Crippen LogP contribution in [0.1, 0.15) is 33.5 Å². The van der Waals surface area contributed by atoms with Gasteiger partial charge in [-0.3, -0.25) is 24.1 Å². The molecule has 0 saturated heterocycles. The molecule has 2 amide bonds. The molecule has 0 heterocycles. The van der Waals surface area contributed by atoms with Crippen molar-refractivity contribution in [2.75, 3.05) is 40.1 Å². The number of carbonyl (C=O) groups is 4. The van der Waals surface area contributed by atoms with Crippen molar-refractivity contribution < 1.29 is 39.6 Å². The van der Waals surface area contributed by atoms with Gasteiger partial charge < -0.3 is 36.4 Å². The number of carbonyl (C=O) groups excluding carboxylic acids is 4. The molecule has 0 unspecified atom stereocenters. The van der Waals surface area contributed by atoms with E-state index in [4.69, 9.17) is 5.73 Å². The van der Waals surface area contributed by atoms with E-state index in [1.165, 1.54) is 11.0 Å². The van der Waals surface area contributed by atoms with Crippen LogP contribution in [0.5, 0.6) is 5.75 Å². The lowest BCUT2D eigenvalue weighted by Crippen LogP contribution is -2.63. The van der Waals surface area contributed by atoms with Crippen LogP contribution in [0.15, 0.2) is 59.1 Å². The normalized spacial score (nSPS) is 24.1. The van der Waals surface area contributed by atoms with Crippen molar-refractivity contribution in [3.63, 3.8) is 0 Å². The third kappa shape index (κ3) is 5.25. The summed E-state index contributed by atoms with van der Waals surface area (Å²) in [6.45, 7) is 0.236. The predicted octanol–water partition coefficient (Wildman–Crippen LogP) is 1.02. The van der Waals surface area contributed by atoms with Crippen LogP contribution >= 0.6 is 0 Å². The maximum absolute atomic E-state index is 13.9. The number of primary amides is 1. The molecular weight excluding hydrogens is 580 g/mol. The van der Waals surface area contributed by atoms with E-state index in [1.807, 2.05) is 0 Å². The Kier molecular flexibility index (Phi) is 8.05. The molecule has 234 valence electrons. The first-order valence-corrected chi connectivity index (χ1v) is 14.2. The minimum atomic E-state index is -2.70. The summed E-state index contributed by atoms with van der Waals surface area (Å²) in [7, 11) is 6.73. The van der Waals surface area contributed by atoms with E-state index in [-0.39, 0.29) is 42.2 Å². The van der Waals surface area contributed by atoms with E-state index in [2.05, 4.69) is 17.2 Å². The molecule has 0 saturated carbocycles. The van der Waals surface area contributed by atoms with Gasteiger partial charge in [0, 0.05) is 28.3 Å². The van der Waals surface area contributed by atoms with E-state index >= 15 is 0 Å². The lowest BCUT2D eigenvalue weighted by Gasteiger charge is -2.50. The summed E-state index contributed by atoms with van der Waals surface area (Å²) in [5, 5.41) is 47.6. The number of nitrogens with one attached hydrogen (secondary N) is 1. The maximum atomic E-state index is 13.9. The molecule has 0 aromatic heterocycles. The highest BCUT2D eigenvalue weighted by molar-refractivity contribution is 6.24. The van der Waals surface area contributed by atoms with Gasteiger partial charge in [-0.1, -0.05) is 11.8 Å². The van der Waals surface area contributed by atoms with Gasteiger partial charge in [0.2, 0.25) is 11.7 Å². The van der Waals surface area contributed by atoms with Crippen LogP contribution in [-0.4, -0.2) is 100.0 Å². The monoisotopic (exact) mass is 614 g/mol. The van der Waals surface area contributed by atoms with Crippen LogP contribution in [0.3, 0.4) is 0 Å². The van der Waals surface area contributed by atoms with Crippen molar-refractivity contribution in [3.8, 4) is 17.6 Å². The number of hydrogen-bond acceptors (Lipinski definition) is 10. The molecule has 5 rings (SSSR count). The second-order valence-electron chi connectivity index (χ2n) is 12.1. The van der Waals surface area contributed by atoms with E-state index < -0.39 is 58.0 Å². The number of Topliss-reactive ketones (excluding diaryl/α,β-unsaturated/α-hetero) is 2. The van der Waals surface area contributed by atoms with Crippen molar-refractivity contribution >= 4 is 29.1 Å². The molecule has 45 heavy (non-hydrogen) atoms. The summed E-state index contributed by atoms with van der Waals surface area (Å²) in [6, 6.07) is 8.72. The van der Waals surface area contributed by atoms with E-state index in [0.29, 0.717) is 22.4 Å². The van der Waals surface area contributed by atoms with Gasteiger partial charge in [0.1, 0.15) is 22.8 Å². The van der Waals surface area contributed by atoms with E-state index in [1.54, 1.807) is 63.4 Å². The van der Waals surface area contributed by atoms with Crippen LogP contribution in [0.25, 0.3) is 0 Å². The Morgan fingerprint density at radius 1 is 1.02 bits per heavy atom. The number of aromatic hydroxyl groups is 1. The highest BCUT2D eigenvalue weighted by Crippen LogP contribution is 2.52. The third-order valence-corrected chi connectivity index (χ3v) is 8.58. The average Bonchev–Trinajstić information content (AvgIpc) is 2.94. The fourth-order valence-electron chi connectivity index (χ4n) is 6.63. The average molecular weight is 615 g/mol. The molecule has 0 aliphatic heterocycles. The standard InChI is InChI=1S/C33H34N4O8/c1-36(2)15-23(39)35-19-10-6-16(7-11-19)5-8-17-9-12-22(38)25-20(17)13-18-14-21-27(37(3)4)29(41)26(32(34)44)31(43)33(21,45)30(42)24(18)28(25)40/h6-7,9-12,18,21,27,38,41-42,45H,13-15H2,1-4H3,(H2,34,44)(H,35,39)/t18-,21-,27-,33-/m0/s1. The number of likely N-dealkylation sites (N-methyl/N-ethyl adjacent to an activating group) is 2. The Bertz CT molecular complexity index is 1760. The molecule has 7 N–H and O–H groups in total. The van der Waals surface area contributed by atoms with Crippen molar-refractivity contribution in [1.29, 1.82) is 0 Å². The fourth-order valence-corrected chi connectivity index (χ4v) is 6.63. The minimum Gasteiger partial charge on any atom is -0.510 e. The predicted molar refractivity (Wildman–Crippen MR) is 163 cm³/mol. The molecule has 4 atom stereocenters. The highest BCUT2D eigenvalue weighted by atomic mass is 16.3. The number of benzene rings is 2. The Morgan fingerprint density at radius 2 is 1.69 bits per heavy atom. The Balaban J connectivity index is 1.53. The van der Waals surface area contributed by atoms with E-state index in [9.17, 15) is 39.6 Å². The summed E-state index contributed by atoms with van der Waals surface area (Å²) < 4.78 is 0. The van der Waals surface area contributed by atoms with Gasteiger partial charge in [0.25, 0.3) is 5.91 Å². The Morgan fingerprint density at radius 3 is 2.29 bits per heavy atom. The zero-order chi connectivity index (χ0) is 33.0. The van der Waals surface area contributed by atoms with Crippen LogP contribution in [0, 0.1) is 23.7 Å². The first kappa shape index (κ1) is 31.5. The Labute approximate surface area is 259 Å². The molecule has 3 aliphatic carbocycles. The maximum Gasteiger partial charge on any atom is 0.255 e. The molecule has 2 aromatic rings. The lowest BCUT2D eigenvalue weighted by molar-refractivity contribution is -0.148. The van der Waals surface area contributed by atoms with Crippen LogP contribution < -0.4 is 11.1 Å². The van der Waals surface area contributed by atoms with Gasteiger partial charge in [0.15, 0.2) is 11.4 Å². The number of nitrogens with zero attached hydrogens (tertiary/aromatic N) is 2. The molecule has 0 fully saturated rings. The molecule has 0 radical (unpaired) electrons. The SMILES string of the molecule is CN(C)CC(=O)Nc1ccc(C#Cc2ccc(O)c3c2C[C@H]2C[C@H]4[C@H](N(C)C)C(O)=C(C(N)=O)C(=O)[C@@]4(O)C(O)=C2C3=O)cc1. The lowest BCUT2D eigenvalue weighted by atomic mass is 9.58. The third-order valence-electron chi connectivity index (χ3n) is 8.58. The molecule has 12 heteroatoms. The minimum absolute atomic E-state index is 0.0186. The number of phenolic OH excluding ortho intramolecular Hbond substituents is 1. The number of hydrogen-bond donors (Lipinski definition) is 6. The number of nitrogens with two attached hydrogens (primary N) is 1. The quantitative estimate of drug-likeness (QED) is 0.209. The topological polar surface area (TPSA) is 194 Å². The second kappa shape index (κ2) is 11.5. The molecule has 0 bridgehead atoms. The number of anilines is 1. The number of fused-ring (bicyclic) bond motifs is 3. The number of amides is 2. The van der Waals surface area contributed by atoms with Gasteiger partial charge in [-0.2, -0.15) is 0 Å². The number of ketones is 2. The first-order valence-electron chi connectivity index (χ1n) is 14.2. The zero-order valence-electron chi connectivity index (χ0n) is 25.2. The van der Waals surface area contributed by atoms with Crippen LogP contribution in [0.4, 0.5) is 5.69 Å². The molecular formula is C33H34N4O8. The number of allylic oxidation sites excluding steroid dienone is 1. The second-order valence-corrected chi connectivity index (χ2v) is 12.1. The van der Waals surface area contributed by atoms with Crippen molar-refractivity contribution in [2.45, 2.75) is 24.5 Å². The number of rotatable bonds is 5. The summed E-state index contributed by atoms with van der Waals surface area (Å²) in [4.78, 5) is 54.7. The van der Waals surface area contributed by atoms with Gasteiger partial charge in [-0.05, 0) is 88.9 Å². The fraction of sp³-hybridized carbons (Fsp3) is 0.333. The summed E-state index contributed by atoms with van der Waals surface area (Å²) in [5.74, 6) is -1.13. The highest BCUT2D eigenvalue weighted by Gasteiger charge is 2.63. The summed E-state index contributed by atoms with van der Waals surface area (Å²) in [6.07, 6.45) is 0.110. The van der Waals surface area contributed by atoms with Crippen molar-refractivity contribution in [3.05, 3.63) is 81.3 Å². The van der Waals surface area contributed by atoms with E-state index in [0.717, 1.165) is 0 Å². The van der Waals surface area contributed by atoms with Crippen LogP contribution in [0.2, 0.25) is 0 Å². The van der Waals surface area contributed by atoms with Gasteiger partial charge in [0.05, 0.1) is 18.2 Å².